The molecule has 2 heterocycles. The number of carbonyl (C=O) groups is 1. The third-order valence-corrected chi connectivity index (χ3v) is 4.75. The van der Waals surface area contributed by atoms with Crippen LogP contribution < -0.4 is 10.6 Å². The van der Waals surface area contributed by atoms with E-state index in [2.05, 4.69) is 26.2 Å². The van der Waals surface area contributed by atoms with Gasteiger partial charge in [0.2, 0.25) is 5.95 Å². The summed E-state index contributed by atoms with van der Waals surface area (Å²) >= 11 is 11.9. The van der Waals surface area contributed by atoms with Gasteiger partial charge in [-0.05, 0) is 59.3 Å². The molecular formula is C18H14Cl2N6O. The molecule has 1 atom stereocenters. The van der Waals surface area contributed by atoms with Crippen molar-refractivity contribution in [3.63, 3.8) is 0 Å². The number of rotatable bonds is 3. The van der Waals surface area contributed by atoms with Crippen LogP contribution in [0.25, 0.3) is 0 Å². The summed E-state index contributed by atoms with van der Waals surface area (Å²) in [6.45, 7) is 1.82. The van der Waals surface area contributed by atoms with Crippen LogP contribution in [0.2, 0.25) is 10.0 Å². The summed E-state index contributed by atoms with van der Waals surface area (Å²) in [5.41, 5.74) is 2.66. The summed E-state index contributed by atoms with van der Waals surface area (Å²) < 4.78 is 1.58. The maximum absolute atomic E-state index is 13.1. The van der Waals surface area contributed by atoms with E-state index in [-0.39, 0.29) is 5.91 Å². The van der Waals surface area contributed by atoms with E-state index in [0.717, 1.165) is 5.56 Å². The van der Waals surface area contributed by atoms with Gasteiger partial charge in [0.15, 0.2) is 0 Å². The van der Waals surface area contributed by atoms with Crippen LogP contribution in [0.5, 0.6) is 0 Å². The lowest BCUT2D eigenvalue weighted by molar-refractivity contribution is -0.113. The van der Waals surface area contributed by atoms with E-state index in [1.165, 1.54) is 0 Å². The fraction of sp³-hybridized carbons (Fsp3) is 0.111. The van der Waals surface area contributed by atoms with Crippen LogP contribution in [0.15, 0.2) is 59.8 Å². The van der Waals surface area contributed by atoms with Crippen LogP contribution in [-0.4, -0.2) is 26.1 Å². The van der Waals surface area contributed by atoms with Gasteiger partial charge in [0.25, 0.3) is 5.91 Å². The number of fused-ring (bicyclic) bond motifs is 1. The average Bonchev–Trinajstić information content (AvgIpc) is 3.11. The molecule has 0 fully saturated rings. The Balaban J connectivity index is 1.74. The Morgan fingerprint density at radius 3 is 2.37 bits per heavy atom. The zero-order valence-corrected chi connectivity index (χ0v) is 15.7. The van der Waals surface area contributed by atoms with E-state index < -0.39 is 6.04 Å². The Kier molecular flexibility index (Phi) is 4.55. The van der Waals surface area contributed by atoms with E-state index in [0.29, 0.717) is 33.0 Å². The molecule has 1 aromatic heterocycles. The number of halogens is 2. The van der Waals surface area contributed by atoms with Gasteiger partial charge in [-0.15, -0.1) is 0 Å². The third-order valence-electron chi connectivity index (χ3n) is 4.25. The summed E-state index contributed by atoms with van der Waals surface area (Å²) in [6.07, 6.45) is 0. The number of anilines is 2. The zero-order valence-electron chi connectivity index (χ0n) is 14.1. The molecule has 0 saturated carbocycles. The van der Waals surface area contributed by atoms with E-state index in [1.807, 2.05) is 19.1 Å². The van der Waals surface area contributed by atoms with Gasteiger partial charge in [0.1, 0.15) is 6.04 Å². The lowest BCUT2D eigenvalue weighted by Gasteiger charge is -2.28. The van der Waals surface area contributed by atoms with Crippen molar-refractivity contribution < 1.29 is 4.79 Å². The normalized spacial score (nSPS) is 15.9. The van der Waals surface area contributed by atoms with Crippen molar-refractivity contribution in [1.82, 2.24) is 20.2 Å². The molecule has 3 aromatic rings. The number of nitrogens with one attached hydrogen (secondary N) is 2. The average molecular weight is 401 g/mol. The van der Waals surface area contributed by atoms with Crippen molar-refractivity contribution in [2.75, 3.05) is 10.6 Å². The standard InChI is InChI=1S/C18H14Cl2N6O/c1-10-15(17(27)22-14-8-6-13(20)7-9-14)16(11-2-4-12(19)5-3-11)26-18(21-10)23-24-25-26/h2-9,16H,1H3,(H,22,27)(H,21,23,25)/t16-/m1/s1. The highest BCUT2D eigenvalue weighted by atomic mass is 35.5. The number of nitrogens with zero attached hydrogens (tertiary/aromatic N) is 4. The summed E-state index contributed by atoms with van der Waals surface area (Å²) in [6, 6.07) is 13.7. The number of benzene rings is 2. The van der Waals surface area contributed by atoms with Gasteiger partial charge in [-0.3, -0.25) is 4.79 Å². The first-order valence-electron chi connectivity index (χ1n) is 8.11. The molecule has 0 unspecified atom stereocenters. The van der Waals surface area contributed by atoms with Crippen molar-refractivity contribution in [3.05, 3.63) is 75.4 Å². The molecule has 1 aliphatic heterocycles. The molecule has 2 N–H and O–H groups in total. The summed E-state index contributed by atoms with van der Waals surface area (Å²) in [4.78, 5) is 13.1. The molecule has 7 nitrogen and oxygen atoms in total. The summed E-state index contributed by atoms with van der Waals surface area (Å²) in [5, 5.41) is 18.9. The van der Waals surface area contributed by atoms with Gasteiger partial charge in [-0.25, -0.2) is 0 Å². The molecule has 4 rings (SSSR count). The van der Waals surface area contributed by atoms with E-state index in [9.17, 15) is 4.79 Å². The maximum atomic E-state index is 13.1. The molecule has 0 bridgehead atoms. The molecule has 9 heteroatoms. The molecule has 0 spiro atoms. The van der Waals surface area contributed by atoms with Gasteiger partial charge in [-0.2, -0.15) is 4.68 Å². The van der Waals surface area contributed by atoms with Crippen LogP contribution in [0.1, 0.15) is 18.5 Å². The highest BCUT2D eigenvalue weighted by Crippen LogP contribution is 2.35. The fourth-order valence-corrected chi connectivity index (χ4v) is 3.24. The lowest BCUT2D eigenvalue weighted by atomic mass is 9.95. The minimum absolute atomic E-state index is 0.261. The monoisotopic (exact) mass is 400 g/mol. The van der Waals surface area contributed by atoms with Gasteiger partial charge in [0.05, 0.1) is 5.57 Å². The van der Waals surface area contributed by atoms with Crippen LogP contribution >= 0.6 is 23.2 Å². The van der Waals surface area contributed by atoms with Crippen LogP contribution in [0.4, 0.5) is 11.6 Å². The molecule has 136 valence electrons. The Hall–Kier alpha value is -2.90. The van der Waals surface area contributed by atoms with Crippen molar-refractivity contribution in [1.29, 1.82) is 0 Å². The van der Waals surface area contributed by atoms with Gasteiger partial charge < -0.3 is 10.6 Å². The predicted octanol–water partition coefficient (Wildman–Crippen LogP) is 3.91. The first-order chi connectivity index (χ1) is 13.0. The zero-order chi connectivity index (χ0) is 19.0. The fourth-order valence-electron chi connectivity index (χ4n) is 2.99. The Bertz CT molecular complexity index is 1030. The second-order valence-electron chi connectivity index (χ2n) is 6.03. The number of aromatic nitrogens is 4. The smallest absolute Gasteiger partial charge is 0.255 e. The van der Waals surface area contributed by atoms with E-state index in [1.54, 1.807) is 41.1 Å². The number of amides is 1. The third kappa shape index (κ3) is 3.39. The van der Waals surface area contributed by atoms with E-state index >= 15 is 0 Å². The van der Waals surface area contributed by atoms with Gasteiger partial charge >= 0.3 is 0 Å². The Morgan fingerprint density at radius 2 is 1.70 bits per heavy atom. The number of hydrogen-bond acceptors (Lipinski definition) is 5. The maximum Gasteiger partial charge on any atom is 0.255 e. The summed E-state index contributed by atoms with van der Waals surface area (Å²) in [5.74, 6) is 0.207. The first-order valence-corrected chi connectivity index (χ1v) is 8.86. The number of hydrogen-bond donors (Lipinski definition) is 2. The largest absolute Gasteiger partial charge is 0.326 e. The molecule has 0 radical (unpaired) electrons. The second-order valence-corrected chi connectivity index (χ2v) is 6.90. The molecule has 27 heavy (non-hydrogen) atoms. The minimum atomic E-state index is -0.485. The van der Waals surface area contributed by atoms with Crippen LogP contribution in [0.3, 0.4) is 0 Å². The molecular weight excluding hydrogens is 387 g/mol. The first kappa shape index (κ1) is 17.5. The van der Waals surface area contributed by atoms with Crippen molar-refractivity contribution in [2.24, 2.45) is 0 Å². The quantitative estimate of drug-likeness (QED) is 0.695. The number of tetrazole rings is 1. The molecule has 1 amide bonds. The molecule has 1 aliphatic rings. The highest BCUT2D eigenvalue weighted by molar-refractivity contribution is 6.30. The summed E-state index contributed by atoms with van der Waals surface area (Å²) in [7, 11) is 0. The second kappa shape index (κ2) is 7.02. The topological polar surface area (TPSA) is 84.7 Å². The predicted molar refractivity (Wildman–Crippen MR) is 104 cm³/mol. The lowest BCUT2D eigenvalue weighted by Crippen LogP contribution is -2.31. The van der Waals surface area contributed by atoms with Crippen molar-refractivity contribution >= 4 is 40.7 Å². The van der Waals surface area contributed by atoms with Crippen molar-refractivity contribution in [2.45, 2.75) is 13.0 Å². The van der Waals surface area contributed by atoms with Crippen LogP contribution in [0, 0.1) is 0 Å². The SMILES string of the molecule is CC1=C(C(=O)Nc2ccc(Cl)cc2)[C@@H](c2ccc(Cl)cc2)n2nnnc2N1. The highest BCUT2D eigenvalue weighted by Gasteiger charge is 2.34. The molecule has 0 aliphatic carbocycles. The van der Waals surface area contributed by atoms with Crippen LogP contribution in [-0.2, 0) is 4.79 Å². The minimum Gasteiger partial charge on any atom is -0.326 e. The van der Waals surface area contributed by atoms with E-state index in [4.69, 9.17) is 23.2 Å². The van der Waals surface area contributed by atoms with Crippen molar-refractivity contribution in [3.8, 4) is 0 Å². The Labute approximate surface area is 165 Å². The number of carbonyl (C=O) groups excluding carboxylic acids is 1. The molecule has 2 aromatic carbocycles. The Morgan fingerprint density at radius 1 is 1.07 bits per heavy atom. The van der Waals surface area contributed by atoms with Gasteiger partial charge in [0, 0.05) is 21.4 Å². The van der Waals surface area contributed by atoms with Gasteiger partial charge in [-0.1, -0.05) is 40.4 Å². The number of allylic oxidation sites excluding steroid dienone is 1. The molecule has 0 saturated heterocycles.